The third-order valence-corrected chi connectivity index (χ3v) is 5.24. The second kappa shape index (κ2) is 7.44. The molecule has 0 saturated carbocycles. The predicted molar refractivity (Wildman–Crippen MR) is 111 cm³/mol. The standard InChI is InChI=1S/C23H21F3N2O3/c1-22(2)12-14(17-7-5-15(23(24,25)26)10-19(17)31-22)9-21(30)27-16-6-3-13-4-8-20(29)28-18(13)11-16/h3,5-7,9-11H,4,8,12H2,1-2H3,(H,27,30)(H,28,29)/b14-9+. The van der Waals surface area contributed by atoms with Crippen LogP contribution in [0.5, 0.6) is 5.75 Å². The van der Waals surface area contributed by atoms with E-state index in [9.17, 15) is 22.8 Å². The number of rotatable bonds is 2. The van der Waals surface area contributed by atoms with Crippen molar-refractivity contribution in [2.24, 2.45) is 0 Å². The van der Waals surface area contributed by atoms with Crippen LogP contribution in [0.25, 0.3) is 5.57 Å². The first kappa shape index (κ1) is 21.0. The van der Waals surface area contributed by atoms with Crippen LogP contribution in [0.1, 0.15) is 43.4 Å². The van der Waals surface area contributed by atoms with Crippen LogP contribution in [-0.4, -0.2) is 17.4 Å². The quantitative estimate of drug-likeness (QED) is 0.646. The van der Waals surface area contributed by atoms with Gasteiger partial charge in [0.05, 0.1) is 5.56 Å². The van der Waals surface area contributed by atoms with Crippen molar-refractivity contribution in [2.75, 3.05) is 10.6 Å². The van der Waals surface area contributed by atoms with Gasteiger partial charge in [0, 0.05) is 35.9 Å². The lowest BCUT2D eigenvalue weighted by Crippen LogP contribution is -2.32. The monoisotopic (exact) mass is 430 g/mol. The number of carbonyl (C=O) groups excluding carboxylic acids is 2. The van der Waals surface area contributed by atoms with Gasteiger partial charge in [0.15, 0.2) is 0 Å². The van der Waals surface area contributed by atoms with Gasteiger partial charge < -0.3 is 15.4 Å². The number of amides is 2. The summed E-state index contributed by atoms with van der Waals surface area (Å²) in [5.74, 6) is -0.389. The highest BCUT2D eigenvalue weighted by atomic mass is 19.4. The summed E-state index contributed by atoms with van der Waals surface area (Å²) >= 11 is 0. The van der Waals surface area contributed by atoms with Crippen LogP contribution in [0, 0.1) is 0 Å². The molecule has 2 heterocycles. The molecule has 0 atom stereocenters. The lowest BCUT2D eigenvalue weighted by molar-refractivity contribution is -0.137. The molecule has 2 amide bonds. The van der Waals surface area contributed by atoms with Crippen molar-refractivity contribution in [3.8, 4) is 5.75 Å². The summed E-state index contributed by atoms with van der Waals surface area (Å²) in [6, 6.07) is 8.58. The lowest BCUT2D eigenvalue weighted by atomic mass is 9.88. The molecule has 5 nitrogen and oxygen atoms in total. The highest BCUT2D eigenvalue weighted by Gasteiger charge is 2.35. The Bertz CT molecular complexity index is 1100. The first-order valence-electron chi connectivity index (χ1n) is 9.85. The van der Waals surface area contributed by atoms with Gasteiger partial charge in [-0.25, -0.2) is 0 Å². The second-order valence-corrected chi connectivity index (χ2v) is 8.33. The summed E-state index contributed by atoms with van der Waals surface area (Å²) in [7, 11) is 0. The summed E-state index contributed by atoms with van der Waals surface area (Å²) in [4.78, 5) is 24.3. The zero-order valence-corrected chi connectivity index (χ0v) is 17.0. The van der Waals surface area contributed by atoms with Crippen molar-refractivity contribution in [3.63, 3.8) is 0 Å². The Morgan fingerprint density at radius 2 is 1.94 bits per heavy atom. The van der Waals surface area contributed by atoms with E-state index in [4.69, 9.17) is 4.74 Å². The number of nitrogens with one attached hydrogen (secondary N) is 2. The van der Waals surface area contributed by atoms with Gasteiger partial charge in [-0.3, -0.25) is 9.59 Å². The molecular formula is C23H21F3N2O3. The Hall–Kier alpha value is -3.29. The molecule has 2 aliphatic rings. The molecule has 0 saturated heterocycles. The van der Waals surface area contributed by atoms with Crippen molar-refractivity contribution in [1.82, 2.24) is 0 Å². The minimum Gasteiger partial charge on any atom is -0.487 e. The molecule has 0 bridgehead atoms. The largest absolute Gasteiger partial charge is 0.487 e. The van der Waals surface area contributed by atoms with Gasteiger partial charge in [-0.2, -0.15) is 13.2 Å². The maximum atomic E-state index is 13.1. The van der Waals surface area contributed by atoms with E-state index >= 15 is 0 Å². The van der Waals surface area contributed by atoms with Crippen molar-refractivity contribution >= 4 is 28.8 Å². The van der Waals surface area contributed by atoms with Crippen molar-refractivity contribution in [2.45, 2.75) is 44.9 Å². The number of alkyl halides is 3. The smallest absolute Gasteiger partial charge is 0.416 e. The van der Waals surface area contributed by atoms with E-state index < -0.39 is 23.2 Å². The molecule has 0 fully saturated rings. The van der Waals surface area contributed by atoms with E-state index in [1.54, 1.807) is 26.0 Å². The molecule has 2 aromatic rings. The van der Waals surface area contributed by atoms with Crippen molar-refractivity contribution in [3.05, 3.63) is 59.2 Å². The average molecular weight is 430 g/mol. The van der Waals surface area contributed by atoms with Gasteiger partial charge in [-0.15, -0.1) is 0 Å². The SMILES string of the molecule is CC1(C)C/C(=C\C(=O)Nc2ccc3c(c2)NC(=O)CC3)c2ccc(C(F)(F)F)cc2O1. The number of anilines is 2. The van der Waals surface area contributed by atoms with Crippen molar-refractivity contribution in [1.29, 1.82) is 0 Å². The molecule has 0 aromatic heterocycles. The minimum atomic E-state index is -4.48. The Morgan fingerprint density at radius 1 is 1.16 bits per heavy atom. The maximum absolute atomic E-state index is 13.1. The molecule has 2 aromatic carbocycles. The van der Waals surface area contributed by atoms with E-state index in [1.807, 2.05) is 6.07 Å². The van der Waals surface area contributed by atoms with Crippen LogP contribution in [-0.2, 0) is 22.2 Å². The van der Waals surface area contributed by atoms with E-state index in [2.05, 4.69) is 10.6 Å². The number of aryl methyl sites for hydroxylation is 1. The number of ether oxygens (including phenoxy) is 1. The molecule has 2 aliphatic heterocycles. The third-order valence-electron chi connectivity index (χ3n) is 5.24. The fourth-order valence-electron chi connectivity index (χ4n) is 3.85. The fraction of sp³-hybridized carbons (Fsp3) is 0.304. The summed E-state index contributed by atoms with van der Waals surface area (Å²) in [6.07, 6.45) is -1.67. The van der Waals surface area contributed by atoms with Crippen LogP contribution in [0.3, 0.4) is 0 Å². The topological polar surface area (TPSA) is 67.4 Å². The zero-order chi connectivity index (χ0) is 22.4. The molecule has 2 N–H and O–H groups in total. The second-order valence-electron chi connectivity index (χ2n) is 8.33. The number of hydrogen-bond acceptors (Lipinski definition) is 3. The van der Waals surface area contributed by atoms with Gasteiger partial charge in [0.25, 0.3) is 0 Å². The van der Waals surface area contributed by atoms with Crippen LogP contribution < -0.4 is 15.4 Å². The van der Waals surface area contributed by atoms with Gasteiger partial charge in [0.2, 0.25) is 11.8 Å². The Kier molecular flexibility index (Phi) is 5.03. The molecular weight excluding hydrogens is 409 g/mol. The van der Waals surface area contributed by atoms with Gasteiger partial charge in [-0.1, -0.05) is 12.1 Å². The number of fused-ring (bicyclic) bond motifs is 2. The normalized spacial score (nSPS) is 18.5. The fourth-order valence-corrected chi connectivity index (χ4v) is 3.85. The molecule has 0 unspecified atom stereocenters. The maximum Gasteiger partial charge on any atom is 0.416 e. The summed E-state index contributed by atoms with van der Waals surface area (Å²) < 4.78 is 45.0. The Balaban J connectivity index is 1.60. The van der Waals surface area contributed by atoms with Crippen molar-refractivity contribution < 1.29 is 27.5 Å². The summed E-state index contributed by atoms with van der Waals surface area (Å²) in [6.45, 7) is 3.52. The minimum absolute atomic E-state index is 0.0719. The number of benzene rings is 2. The zero-order valence-electron chi connectivity index (χ0n) is 17.0. The van der Waals surface area contributed by atoms with Crippen LogP contribution in [0.2, 0.25) is 0 Å². The molecule has 162 valence electrons. The highest BCUT2D eigenvalue weighted by molar-refractivity contribution is 6.05. The van der Waals surface area contributed by atoms with Crippen LogP contribution >= 0.6 is 0 Å². The summed E-state index contributed by atoms with van der Waals surface area (Å²) in [5, 5.41) is 5.54. The Morgan fingerprint density at radius 3 is 2.68 bits per heavy atom. The third kappa shape index (κ3) is 4.57. The first-order chi connectivity index (χ1) is 14.5. The summed E-state index contributed by atoms with van der Waals surface area (Å²) in [5.41, 5.74) is 1.66. The van der Waals surface area contributed by atoms with E-state index in [1.165, 1.54) is 12.1 Å². The van der Waals surface area contributed by atoms with Crippen LogP contribution in [0.4, 0.5) is 24.5 Å². The first-order valence-corrected chi connectivity index (χ1v) is 9.85. The lowest BCUT2D eigenvalue weighted by Gasteiger charge is -2.34. The van der Waals surface area contributed by atoms with E-state index in [0.717, 1.165) is 17.7 Å². The number of carbonyl (C=O) groups is 2. The average Bonchev–Trinajstić information content (AvgIpc) is 2.65. The molecule has 0 aliphatic carbocycles. The molecule has 0 radical (unpaired) electrons. The van der Waals surface area contributed by atoms with E-state index in [0.29, 0.717) is 41.8 Å². The molecule has 31 heavy (non-hydrogen) atoms. The van der Waals surface area contributed by atoms with E-state index in [-0.39, 0.29) is 11.7 Å². The van der Waals surface area contributed by atoms with Gasteiger partial charge >= 0.3 is 6.18 Å². The highest BCUT2D eigenvalue weighted by Crippen LogP contribution is 2.43. The Labute approximate surface area is 177 Å². The number of hydrogen-bond donors (Lipinski definition) is 2. The van der Waals surface area contributed by atoms with Crippen LogP contribution in [0.15, 0.2) is 42.5 Å². The number of halogens is 3. The molecule has 8 heteroatoms. The van der Waals surface area contributed by atoms with Gasteiger partial charge in [-0.05, 0) is 55.7 Å². The molecule has 4 rings (SSSR count). The predicted octanol–water partition coefficient (Wildman–Crippen LogP) is 5.17. The van der Waals surface area contributed by atoms with Gasteiger partial charge in [0.1, 0.15) is 11.4 Å². The molecule has 0 spiro atoms.